The Balaban J connectivity index is 1.52. The third-order valence-corrected chi connectivity index (χ3v) is 7.48. The lowest BCUT2D eigenvalue weighted by molar-refractivity contribution is 0.632. The van der Waals surface area contributed by atoms with Crippen LogP contribution in [0.2, 0.25) is 0 Å². The number of fused-ring (bicyclic) bond motifs is 4. The van der Waals surface area contributed by atoms with Gasteiger partial charge in [0.05, 0.1) is 0 Å². The van der Waals surface area contributed by atoms with Crippen molar-refractivity contribution in [1.29, 1.82) is 0 Å². The second-order valence-corrected chi connectivity index (χ2v) is 9.29. The Bertz CT molecular complexity index is 1750. The van der Waals surface area contributed by atoms with Crippen molar-refractivity contribution in [1.82, 2.24) is 0 Å². The van der Waals surface area contributed by atoms with Gasteiger partial charge in [0.2, 0.25) is 6.71 Å². The molecule has 8 rings (SSSR count). The SMILES string of the molecule is c1ccc(-c2oc3cccc4c3c2-c2cccc3c2B4c2ccccc2N3c2ccccc2)cc1. The highest BCUT2D eigenvalue weighted by Gasteiger charge is 2.42. The third-order valence-electron chi connectivity index (χ3n) is 7.48. The zero-order chi connectivity index (χ0) is 22.9. The molecule has 0 bridgehead atoms. The average Bonchev–Trinajstić information content (AvgIpc) is 3.32. The van der Waals surface area contributed by atoms with E-state index >= 15 is 0 Å². The fourth-order valence-corrected chi connectivity index (χ4v) is 6.13. The van der Waals surface area contributed by atoms with E-state index in [0.717, 1.165) is 16.9 Å². The normalized spacial score (nSPS) is 13.0. The van der Waals surface area contributed by atoms with E-state index in [1.807, 2.05) is 0 Å². The first-order valence-corrected chi connectivity index (χ1v) is 12.1. The van der Waals surface area contributed by atoms with Crippen LogP contribution >= 0.6 is 0 Å². The molecule has 2 nitrogen and oxygen atoms in total. The Kier molecular flexibility index (Phi) is 3.78. The zero-order valence-corrected chi connectivity index (χ0v) is 19.0. The van der Waals surface area contributed by atoms with Gasteiger partial charge in [-0.3, -0.25) is 0 Å². The lowest BCUT2D eigenvalue weighted by Gasteiger charge is -2.39. The molecule has 162 valence electrons. The van der Waals surface area contributed by atoms with E-state index in [1.54, 1.807) is 0 Å². The van der Waals surface area contributed by atoms with E-state index in [0.29, 0.717) is 0 Å². The monoisotopic (exact) mass is 445 g/mol. The van der Waals surface area contributed by atoms with E-state index < -0.39 is 0 Å². The van der Waals surface area contributed by atoms with Crippen LogP contribution in [0.3, 0.4) is 0 Å². The summed E-state index contributed by atoms with van der Waals surface area (Å²) >= 11 is 0. The molecule has 0 N–H and O–H groups in total. The van der Waals surface area contributed by atoms with Crippen LogP contribution in [0, 0.1) is 0 Å². The molecule has 3 heterocycles. The summed E-state index contributed by atoms with van der Waals surface area (Å²) < 4.78 is 6.59. The zero-order valence-electron chi connectivity index (χ0n) is 19.0. The van der Waals surface area contributed by atoms with Crippen molar-refractivity contribution in [3.05, 3.63) is 121 Å². The molecule has 6 aromatic rings. The first-order valence-electron chi connectivity index (χ1n) is 12.1. The Labute approximate surface area is 204 Å². The van der Waals surface area contributed by atoms with Gasteiger partial charge in [-0.15, -0.1) is 0 Å². The van der Waals surface area contributed by atoms with Crippen molar-refractivity contribution in [3.8, 4) is 22.5 Å². The molecule has 0 aliphatic carbocycles. The predicted molar refractivity (Wildman–Crippen MR) is 146 cm³/mol. The van der Waals surface area contributed by atoms with E-state index in [1.165, 1.54) is 50.0 Å². The minimum atomic E-state index is 0.162. The molecule has 0 fully saturated rings. The van der Waals surface area contributed by atoms with Crippen LogP contribution in [-0.4, -0.2) is 6.71 Å². The summed E-state index contributed by atoms with van der Waals surface area (Å²) in [5.74, 6) is 0.949. The molecule has 5 aromatic carbocycles. The van der Waals surface area contributed by atoms with Gasteiger partial charge in [0.25, 0.3) is 0 Å². The van der Waals surface area contributed by atoms with Crippen LogP contribution in [0.25, 0.3) is 33.4 Å². The van der Waals surface area contributed by atoms with Crippen molar-refractivity contribution in [2.24, 2.45) is 0 Å². The van der Waals surface area contributed by atoms with Crippen molar-refractivity contribution >= 4 is 51.1 Å². The quantitative estimate of drug-likeness (QED) is 0.287. The average molecular weight is 445 g/mol. The van der Waals surface area contributed by atoms with Crippen LogP contribution in [0.1, 0.15) is 0 Å². The number of anilines is 3. The lowest BCUT2D eigenvalue weighted by atomic mass is 9.32. The molecule has 0 unspecified atom stereocenters. The van der Waals surface area contributed by atoms with Gasteiger partial charge in [-0.2, -0.15) is 0 Å². The number of hydrogen-bond acceptors (Lipinski definition) is 2. The molecule has 35 heavy (non-hydrogen) atoms. The van der Waals surface area contributed by atoms with E-state index in [-0.39, 0.29) is 6.71 Å². The molecular weight excluding hydrogens is 425 g/mol. The molecule has 0 spiro atoms. The fourth-order valence-electron chi connectivity index (χ4n) is 6.13. The van der Waals surface area contributed by atoms with Gasteiger partial charge in [-0.05, 0) is 46.8 Å². The van der Waals surface area contributed by atoms with Crippen molar-refractivity contribution in [2.75, 3.05) is 4.90 Å². The topological polar surface area (TPSA) is 16.4 Å². The standard InChI is InChI=1S/C32H20BNO/c1-3-11-21(12-4-1)32-29-23-15-9-19-27-31(23)33(25-17-10-20-28(35-32)30(25)29)24-16-7-8-18-26(24)34(27)22-13-5-2-6-14-22/h1-20H. The number of para-hydroxylation sites is 2. The molecule has 2 aliphatic rings. The molecule has 0 saturated heterocycles. The van der Waals surface area contributed by atoms with Crippen molar-refractivity contribution < 1.29 is 4.42 Å². The molecule has 3 heteroatoms. The van der Waals surface area contributed by atoms with Crippen LogP contribution in [0.15, 0.2) is 126 Å². The highest BCUT2D eigenvalue weighted by molar-refractivity contribution is 7.01. The van der Waals surface area contributed by atoms with Gasteiger partial charge in [0.15, 0.2) is 0 Å². The summed E-state index contributed by atoms with van der Waals surface area (Å²) in [4.78, 5) is 2.41. The summed E-state index contributed by atoms with van der Waals surface area (Å²) in [5.41, 5.74) is 12.2. The number of hydrogen-bond donors (Lipinski definition) is 0. The van der Waals surface area contributed by atoms with Crippen LogP contribution < -0.4 is 21.3 Å². The number of rotatable bonds is 2. The molecule has 0 radical (unpaired) electrons. The van der Waals surface area contributed by atoms with Gasteiger partial charge in [0.1, 0.15) is 11.3 Å². The molecular formula is C32H20BNO. The van der Waals surface area contributed by atoms with Gasteiger partial charge < -0.3 is 9.32 Å². The van der Waals surface area contributed by atoms with Gasteiger partial charge >= 0.3 is 0 Å². The van der Waals surface area contributed by atoms with E-state index in [9.17, 15) is 0 Å². The number of furan rings is 1. The molecule has 1 aromatic heterocycles. The van der Waals surface area contributed by atoms with E-state index in [4.69, 9.17) is 4.42 Å². The Hall–Kier alpha value is -4.50. The molecule has 2 aliphatic heterocycles. The second-order valence-electron chi connectivity index (χ2n) is 9.29. The largest absolute Gasteiger partial charge is 0.455 e. The number of benzene rings is 5. The fraction of sp³-hybridized carbons (Fsp3) is 0. The number of nitrogens with zero attached hydrogens (tertiary/aromatic N) is 1. The predicted octanol–water partition coefficient (Wildman–Crippen LogP) is 6.38. The minimum absolute atomic E-state index is 0.162. The second kappa shape index (κ2) is 7.00. The Morgan fingerprint density at radius 2 is 1.26 bits per heavy atom. The highest BCUT2D eigenvalue weighted by Crippen LogP contribution is 2.45. The van der Waals surface area contributed by atoms with Gasteiger partial charge in [-0.25, -0.2) is 0 Å². The van der Waals surface area contributed by atoms with Gasteiger partial charge in [-0.1, -0.05) is 96.5 Å². The van der Waals surface area contributed by atoms with Crippen molar-refractivity contribution in [3.63, 3.8) is 0 Å². The first kappa shape index (κ1) is 18.9. The molecule has 0 amide bonds. The minimum Gasteiger partial charge on any atom is -0.455 e. The van der Waals surface area contributed by atoms with Crippen molar-refractivity contribution in [2.45, 2.75) is 0 Å². The van der Waals surface area contributed by atoms with Gasteiger partial charge in [0, 0.05) is 33.6 Å². The summed E-state index contributed by atoms with van der Waals surface area (Å²) in [5, 5.41) is 1.24. The summed E-state index contributed by atoms with van der Waals surface area (Å²) in [6.45, 7) is 0.162. The maximum atomic E-state index is 6.59. The highest BCUT2D eigenvalue weighted by atomic mass is 16.3. The van der Waals surface area contributed by atoms with E-state index in [2.05, 4.69) is 126 Å². The maximum Gasteiger partial charge on any atom is 0.248 e. The van der Waals surface area contributed by atoms with Crippen LogP contribution in [0.5, 0.6) is 0 Å². The summed E-state index contributed by atoms with van der Waals surface area (Å²) in [6, 6.07) is 43.3. The molecule has 0 saturated carbocycles. The van der Waals surface area contributed by atoms with Crippen LogP contribution in [0.4, 0.5) is 17.1 Å². The summed E-state index contributed by atoms with van der Waals surface area (Å²) in [6.07, 6.45) is 0. The third kappa shape index (κ3) is 2.50. The first-order chi connectivity index (χ1) is 17.4. The molecule has 0 atom stereocenters. The summed E-state index contributed by atoms with van der Waals surface area (Å²) in [7, 11) is 0. The van der Waals surface area contributed by atoms with Crippen LogP contribution in [-0.2, 0) is 0 Å². The Morgan fingerprint density at radius 3 is 2.11 bits per heavy atom. The lowest BCUT2D eigenvalue weighted by Crippen LogP contribution is -2.59. The Morgan fingerprint density at radius 1 is 0.571 bits per heavy atom. The maximum absolute atomic E-state index is 6.59. The smallest absolute Gasteiger partial charge is 0.248 e.